The summed E-state index contributed by atoms with van der Waals surface area (Å²) < 4.78 is 0. The van der Waals surface area contributed by atoms with E-state index in [9.17, 15) is 0 Å². The minimum atomic E-state index is 0.508. The van der Waals surface area contributed by atoms with Crippen LogP contribution in [0, 0.1) is 0 Å². The van der Waals surface area contributed by atoms with Gasteiger partial charge >= 0.3 is 0 Å². The normalized spacial score (nSPS) is 20.9. The van der Waals surface area contributed by atoms with Crippen LogP contribution in [-0.2, 0) is 13.0 Å². The molecule has 3 rings (SSSR count). The number of hydrogen-bond acceptors (Lipinski definition) is 1. The second-order valence-electron chi connectivity index (χ2n) is 5.01. The number of rotatable bonds is 1. The Morgan fingerprint density at radius 2 is 2.00 bits per heavy atom. The number of nitrogens with two attached hydrogens (primary N) is 1. The number of aliphatic imine (C=N–C) groups is 1. The lowest BCUT2D eigenvalue weighted by Crippen LogP contribution is -2.37. The summed E-state index contributed by atoms with van der Waals surface area (Å²) in [6, 6.07) is 9.17. The predicted molar refractivity (Wildman–Crippen MR) is 69.8 cm³/mol. The standard InChI is InChI=1S/C14H19N3/c15-14(16-13-7-8-13)17-9-3-6-11-4-1-2-5-12(11)10-17/h1-2,4-5,13H,3,6-10H2,(H2,15,16). The Morgan fingerprint density at radius 1 is 1.24 bits per heavy atom. The molecule has 0 spiro atoms. The van der Waals surface area contributed by atoms with Gasteiger partial charge in [0.1, 0.15) is 0 Å². The van der Waals surface area contributed by atoms with Crippen LogP contribution in [0.1, 0.15) is 30.4 Å². The molecule has 3 nitrogen and oxygen atoms in total. The van der Waals surface area contributed by atoms with Crippen LogP contribution >= 0.6 is 0 Å². The number of aryl methyl sites for hydroxylation is 1. The largest absolute Gasteiger partial charge is 0.370 e. The molecule has 0 unspecified atom stereocenters. The molecule has 2 N–H and O–H groups in total. The van der Waals surface area contributed by atoms with Gasteiger partial charge in [-0.2, -0.15) is 0 Å². The molecule has 0 amide bonds. The summed E-state index contributed by atoms with van der Waals surface area (Å²) in [4.78, 5) is 6.77. The van der Waals surface area contributed by atoms with E-state index in [-0.39, 0.29) is 0 Å². The van der Waals surface area contributed by atoms with Gasteiger partial charge in [-0.1, -0.05) is 24.3 Å². The van der Waals surface area contributed by atoms with Crippen LogP contribution in [0.5, 0.6) is 0 Å². The molecular weight excluding hydrogens is 210 g/mol. The fraction of sp³-hybridized carbons (Fsp3) is 0.500. The molecule has 90 valence electrons. The van der Waals surface area contributed by atoms with Gasteiger partial charge in [-0.05, 0) is 36.8 Å². The minimum Gasteiger partial charge on any atom is -0.370 e. The summed E-state index contributed by atoms with van der Waals surface area (Å²) in [6.07, 6.45) is 4.75. The van der Waals surface area contributed by atoms with Crippen molar-refractivity contribution in [2.45, 2.75) is 38.3 Å². The van der Waals surface area contributed by atoms with Crippen molar-refractivity contribution in [2.24, 2.45) is 10.7 Å². The first kappa shape index (κ1) is 10.6. The fourth-order valence-corrected chi connectivity index (χ4v) is 2.37. The lowest BCUT2D eigenvalue weighted by atomic mass is 10.0. The van der Waals surface area contributed by atoms with Crippen molar-refractivity contribution in [3.8, 4) is 0 Å². The summed E-state index contributed by atoms with van der Waals surface area (Å²) in [5, 5.41) is 0. The summed E-state index contributed by atoms with van der Waals surface area (Å²) in [6.45, 7) is 1.94. The van der Waals surface area contributed by atoms with Gasteiger partial charge in [-0.3, -0.25) is 0 Å². The average molecular weight is 229 g/mol. The van der Waals surface area contributed by atoms with Crippen LogP contribution in [0.3, 0.4) is 0 Å². The van der Waals surface area contributed by atoms with Crippen molar-refractivity contribution in [3.63, 3.8) is 0 Å². The first-order valence-electron chi connectivity index (χ1n) is 6.48. The van der Waals surface area contributed by atoms with Crippen LogP contribution in [0.25, 0.3) is 0 Å². The molecule has 1 aliphatic carbocycles. The highest BCUT2D eigenvalue weighted by Gasteiger charge is 2.22. The molecule has 3 heteroatoms. The van der Waals surface area contributed by atoms with E-state index in [1.807, 2.05) is 0 Å². The topological polar surface area (TPSA) is 41.6 Å². The SMILES string of the molecule is NC(=NC1CC1)N1CCCc2ccccc2C1. The monoisotopic (exact) mass is 229 g/mol. The Labute approximate surface area is 102 Å². The molecule has 1 aromatic rings. The third-order valence-corrected chi connectivity index (χ3v) is 3.54. The maximum absolute atomic E-state index is 6.09. The molecular formula is C14H19N3. The molecule has 1 aliphatic heterocycles. The number of benzene rings is 1. The lowest BCUT2D eigenvalue weighted by molar-refractivity contribution is 0.411. The fourth-order valence-electron chi connectivity index (χ4n) is 2.37. The maximum Gasteiger partial charge on any atom is 0.191 e. The van der Waals surface area contributed by atoms with Crippen LogP contribution in [-0.4, -0.2) is 23.4 Å². The quantitative estimate of drug-likeness (QED) is 0.590. The Bertz CT molecular complexity index is 435. The van der Waals surface area contributed by atoms with E-state index in [2.05, 4.69) is 34.2 Å². The van der Waals surface area contributed by atoms with Crippen LogP contribution in [0.2, 0.25) is 0 Å². The van der Waals surface area contributed by atoms with E-state index in [1.165, 1.54) is 24.0 Å². The Balaban J connectivity index is 1.79. The molecule has 0 saturated heterocycles. The van der Waals surface area contributed by atoms with Crippen molar-refractivity contribution in [2.75, 3.05) is 6.54 Å². The first-order valence-corrected chi connectivity index (χ1v) is 6.48. The van der Waals surface area contributed by atoms with Gasteiger partial charge in [0.25, 0.3) is 0 Å². The van der Waals surface area contributed by atoms with Gasteiger partial charge in [0.15, 0.2) is 5.96 Å². The van der Waals surface area contributed by atoms with Gasteiger partial charge in [0.05, 0.1) is 6.04 Å². The highest BCUT2D eigenvalue weighted by Crippen LogP contribution is 2.24. The second kappa shape index (κ2) is 4.40. The van der Waals surface area contributed by atoms with Gasteiger partial charge in [-0.25, -0.2) is 4.99 Å². The zero-order valence-corrected chi connectivity index (χ0v) is 10.1. The zero-order valence-electron chi connectivity index (χ0n) is 10.1. The van der Waals surface area contributed by atoms with Crippen LogP contribution < -0.4 is 5.73 Å². The number of hydrogen-bond donors (Lipinski definition) is 1. The highest BCUT2D eigenvalue weighted by atomic mass is 15.3. The molecule has 0 aromatic heterocycles. The van der Waals surface area contributed by atoms with E-state index in [0.29, 0.717) is 6.04 Å². The molecule has 1 aromatic carbocycles. The smallest absolute Gasteiger partial charge is 0.191 e. The average Bonchev–Trinajstić information content (AvgIpc) is 3.13. The molecule has 1 saturated carbocycles. The number of guanidine groups is 1. The summed E-state index contributed by atoms with van der Waals surface area (Å²) in [5.41, 5.74) is 8.96. The van der Waals surface area contributed by atoms with E-state index in [4.69, 9.17) is 5.73 Å². The van der Waals surface area contributed by atoms with Gasteiger partial charge in [-0.15, -0.1) is 0 Å². The predicted octanol–water partition coefficient (Wildman–Crippen LogP) is 1.91. The van der Waals surface area contributed by atoms with Crippen LogP contribution in [0.4, 0.5) is 0 Å². The molecule has 0 atom stereocenters. The van der Waals surface area contributed by atoms with Crippen LogP contribution in [0.15, 0.2) is 29.3 Å². The molecule has 0 bridgehead atoms. The first-order chi connectivity index (χ1) is 8.33. The highest BCUT2D eigenvalue weighted by molar-refractivity contribution is 5.78. The van der Waals surface area contributed by atoms with E-state index in [1.54, 1.807) is 0 Å². The second-order valence-corrected chi connectivity index (χ2v) is 5.01. The van der Waals surface area contributed by atoms with Crippen molar-refractivity contribution in [1.82, 2.24) is 4.90 Å². The third-order valence-electron chi connectivity index (χ3n) is 3.54. The van der Waals surface area contributed by atoms with E-state index in [0.717, 1.165) is 31.9 Å². The third kappa shape index (κ3) is 2.43. The molecule has 1 fully saturated rings. The molecule has 0 radical (unpaired) electrons. The zero-order chi connectivity index (χ0) is 11.7. The van der Waals surface area contributed by atoms with Crippen molar-refractivity contribution >= 4 is 5.96 Å². The Morgan fingerprint density at radius 3 is 2.76 bits per heavy atom. The van der Waals surface area contributed by atoms with Gasteiger partial charge in [0.2, 0.25) is 0 Å². The van der Waals surface area contributed by atoms with E-state index >= 15 is 0 Å². The van der Waals surface area contributed by atoms with Gasteiger partial charge in [0, 0.05) is 13.1 Å². The Hall–Kier alpha value is -1.51. The lowest BCUT2D eigenvalue weighted by Gasteiger charge is -2.21. The summed E-state index contributed by atoms with van der Waals surface area (Å²) in [7, 11) is 0. The van der Waals surface area contributed by atoms with E-state index < -0.39 is 0 Å². The van der Waals surface area contributed by atoms with Crippen molar-refractivity contribution in [1.29, 1.82) is 0 Å². The Kier molecular flexibility index (Phi) is 2.75. The molecule has 1 heterocycles. The summed E-state index contributed by atoms with van der Waals surface area (Å²) >= 11 is 0. The minimum absolute atomic E-state index is 0.508. The number of fused-ring (bicyclic) bond motifs is 1. The number of nitrogens with zero attached hydrogens (tertiary/aromatic N) is 2. The molecule has 17 heavy (non-hydrogen) atoms. The van der Waals surface area contributed by atoms with Crippen molar-refractivity contribution in [3.05, 3.63) is 35.4 Å². The molecule has 2 aliphatic rings. The maximum atomic E-state index is 6.09. The van der Waals surface area contributed by atoms with Gasteiger partial charge < -0.3 is 10.6 Å². The van der Waals surface area contributed by atoms with Crippen molar-refractivity contribution < 1.29 is 0 Å². The summed E-state index contributed by atoms with van der Waals surface area (Å²) in [5.74, 6) is 0.740.